The number of thioether (sulfide) groups is 1. The number of aromatic nitrogens is 5. The molecule has 0 radical (unpaired) electrons. The third-order valence-electron chi connectivity index (χ3n) is 3.98. The summed E-state index contributed by atoms with van der Waals surface area (Å²) >= 11 is 8.93. The Labute approximate surface area is 167 Å². The Bertz CT molecular complexity index is 1180. The Kier molecular flexibility index (Phi) is 4.90. The Hall–Kier alpha value is -2.36. The molecule has 0 atom stereocenters. The van der Waals surface area contributed by atoms with Crippen LogP contribution in [0.1, 0.15) is 18.3 Å². The van der Waals surface area contributed by atoms with Crippen LogP contribution in [0.3, 0.4) is 0 Å². The van der Waals surface area contributed by atoms with Gasteiger partial charge in [0.05, 0.1) is 5.69 Å². The highest BCUT2D eigenvalue weighted by atomic mass is 35.5. The van der Waals surface area contributed by atoms with Gasteiger partial charge in [-0.3, -0.25) is 9.89 Å². The van der Waals surface area contributed by atoms with Gasteiger partial charge in [0.25, 0.3) is 5.56 Å². The number of nitrogens with two attached hydrogens (primary N) is 1. The van der Waals surface area contributed by atoms with Crippen LogP contribution >= 0.6 is 34.7 Å². The van der Waals surface area contributed by atoms with Crippen LogP contribution in [0.4, 0.5) is 5.13 Å². The zero-order valence-corrected chi connectivity index (χ0v) is 16.7. The molecule has 0 amide bonds. The molecule has 4 aromatic rings. The second-order valence-electron chi connectivity index (χ2n) is 5.77. The average Bonchev–Trinajstić information content (AvgIpc) is 3.23. The zero-order chi connectivity index (χ0) is 19.0. The molecule has 3 heterocycles. The fraction of sp³-hybridized carbons (Fsp3) is 0.176. The van der Waals surface area contributed by atoms with E-state index in [1.54, 1.807) is 0 Å². The Morgan fingerprint density at radius 3 is 2.89 bits per heavy atom. The number of halogens is 1. The minimum atomic E-state index is -0.157. The Morgan fingerprint density at radius 2 is 2.19 bits per heavy atom. The maximum atomic E-state index is 12.6. The average molecular weight is 419 g/mol. The van der Waals surface area contributed by atoms with Crippen molar-refractivity contribution < 1.29 is 0 Å². The summed E-state index contributed by atoms with van der Waals surface area (Å²) in [6.45, 7) is 2.03. The summed E-state index contributed by atoms with van der Waals surface area (Å²) in [6, 6.07) is 9.08. The van der Waals surface area contributed by atoms with E-state index in [0.29, 0.717) is 27.2 Å². The fourth-order valence-electron chi connectivity index (χ4n) is 2.82. The van der Waals surface area contributed by atoms with Gasteiger partial charge < -0.3 is 5.73 Å². The van der Waals surface area contributed by atoms with Gasteiger partial charge in [0.1, 0.15) is 0 Å². The summed E-state index contributed by atoms with van der Waals surface area (Å²) in [5.74, 6) is 0.502. The second-order valence-corrected chi connectivity index (χ2v) is 8.44. The van der Waals surface area contributed by atoms with Gasteiger partial charge in [0.15, 0.2) is 9.99 Å². The van der Waals surface area contributed by atoms with Gasteiger partial charge in [0, 0.05) is 28.1 Å². The van der Waals surface area contributed by atoms with Crippen LogP contribution in [0.25, 0.3) is 16.8 Å². The Morgan fingerprint density at radius 1 is 1.33 bits per heavy atom. The topological polar surface area (TPSA) is 102 Å². The van der Waals surface area contributed by atoms with Crippen LogP contribution in [0.5, 0.6) is 0 Å². The van der Waals surface area contributed by atoms with Gasteiger partial charge in [-0.1, -0.05) is 53.8 Å². The molecule has 0 aliphatic heterocycles. The molecule has 0 aliphatic rings. The highest BCUT2D eigenvalue weighted by Gasteiger charge is 2.16. The first-order valence-corrected chi connectivity index (χ1v) is 10.3. The molecule has 10 heteroatoms. The SMILES string of the molecule is CCc1[nH]n2c(=O)cc(CSc3nnc(N)s3)nc2c1-c1cccc(Cl)c1. The highest BCUT2D eigenvalue weighted by molar-refractivity contribution is 8.00. The summed E-state index contributed by atoms with van der Waals surface area (Å²) in [7, 11) is 0. The molecule has 1 aromatic carbocycles. The van der Waals surface area contributed by atoms with Gasteiger partial charge in [0.2, 0.25) is 5.13 Å². The number of nitrogen functional groups attached to an aromatic ring is 1. The minimum Gasteiger partial charge on any atom is -0.374 e. The molecule has 3 aromatic heterocycles. The van der Waals surface area contributed by atoms with Gasteiger partial charge in [-0.15, -0.1) is 10.2 Å². The van der Waals surface area contributed by atoms with E-state index in [-0.39, 0.29) is 5.56 Å². The molecule has 0 aliphatic carbocycles. The predicted octanol–water partition coefficient (Wildman–Crippen LogP) is 3.63. The molecule has 0 spiro atoms. The van der Waals surface area contributed by atoms with Crippen molar-refractivity contribution in [2.75, 3.05) is 5.73 Å². The molecule has 0 bridgehead atoms. The second kappa shape index (κ2) is 7.34. The lowest BCUT2D eigenvalue weighted by Crippen LogP contribution is -2.15. The van der Waals surface area contributed by atoms with Crippen molar-refractivity contribution in [1.82, 2.24) is 24.8 Å². The molecule has 0 fully saturated rings. The van der Waals surface area contributed by atoms with E-state index in [0.717, 1.165) is 27.6 Å². The molecular weight excluding hydrogens is 404 g/mol. The van der Waals surface area contributed by atoms with Crippen LogP contribution in [-0.2, 0) is 12.2 Å². The van der Waals surface area contributed by atoms with E-state index in [1.807, 2.05) is 31.2 Å². The lowest BCUT2D eigenvalue weighted by Gasteiger charge is -2.04. The van der Waals surface area contributed by atoms with Crippen LogP contribution < -0.4 is 11.3 Å². The number of nitrogens with one attached hydrogen (secondary N) is 1. The van der Waals surface area contributed by atoms with E-state index >= 15 is 0 Å². The number of nitrogens with zero attached hydrogens (tertiary/aromatic N) is 4. The minimum absolute atomic E-state index is 0.157. The van der Waals surface area contributed by atoms with Crippen molar-refractivity contribution in [3.63, 3.8) is 0 Å². The first-order valence-electron chi connectivity index (χ1n) is 8.16. The maximum Gasteiger partial charge on any atom is 0.272 e. The Balaban J connectivity index is 1.80. The third kappa shape index (κ3) is 3.58. The number of aryl methyl sites for hydroxylation is 1. The van der Waals surface area contributed by atoms with Crippen LogP contribution in [-0.4, -0.2) is 24.8 Å². The largest absolute Gasteiger partial charge is 0.374 e. The summed E-state index contributed by atoms with van der Waals surface area (Å²) in [4.78, 5) is 17.3. The number of fused-ring (bicyclic) bond motifs is 1. The quantitative estimate of drug-likeness (QED) is 0.480. The molecule has 7 nitrogen and oxygen atoms in total. The van der Waals surface area contributed by atoms with Gasteiger partial charge in [-0.25, -0.2) is 9.50 Å². The summed E-state index contributed by atoms with van der Waals surface area (Å²) in [6.07, 6.45) is 0.735. The highest BCUT2D eigenvalue weighted by Crippen LogP contribution is 2.30. The monoisotopic (exact) mass is 418 g/mol. The molecule has 0 unspecified atom stereocenters. The smallest absolute Gasteiger partial charge is 0.272 e. The number of hydrogen-bond donors (Lipinski definition) is 2. The maximum absolute atomic E-state index is 12.6. The predicted molar refractivity (Wildman–Crippen MR) is 110 cm³/mol. The van der Waals surface area contributed by atoms with Crippen LogP contribution in [0.2, 0.25) is 5.02 Å². The number of H-pyrrole nitrogens is 1. The normalized spacial score (nSPS) is 11.3. The number of rotatable bonds is 5. The number of hydrogen-bond acceptors (Lipinski definition) is 7. The van der Waals surface area contributed by atoms with Crippen LogP contribution in [0, 0.1) is 0 Å². The van der Waals surface area contributed by atoms with E-state index in [4.69, 9.17) is 22.3 Å². The lowest BCUT2D eigenvalue weighted by molar-refractivity contribution is 0.851. The van der Waals surface area contributed by atoms with Crippen molar-refractivity contribution in [3.8, 4) is 11.1 Å². The molecule has 0 saturated heterocycles. The standard InChI is InChI=1S/C17H15ClN6OS2/c1-2-12-14(9-4-3-5-10(18)6-9)15-20-11(7-13(25)24(15)23-12)8-26-17-22-21-16(19)27-17/h3-7,23H,2,8H2,1H3,(H2,19,21). The third-order valence-corrected chi connectivity index (χ3v) is 6.13. The van der Waals surface area contributed by atoms with Crippen molar-refractivity contribution >= 4 is 45.5 Å². The molecule has 0 saturated carbocycles. The van der Waals surface area contributed by atoms with Crippen molar-refractivity contribution in [3.05, 3.63) is 57.1 Å². The van der Waals surface area contributed by atoms with Gasteiger partial charge in [-0.2, -0.15) is 0 Å². The molecule has 27 heavy (non-hydrogen) atoms. The van der Waals surface area contributed by atoms with E-state index in [9.17, 15) is 4.79 Å². The first-order chi connectivity index (χ1) is 13.0. The van der Waals surface area contributed by atoms with E-state index < -0.39 is 0 Å². The summed E-state index contributed by atoms with van der Waals surface area (Å²) < 4.78 is 2.22. The summed E-state index contributed by atoms with van der Waals surface area (Å²) in [5.41, 5.74) is 9.46. The fourth-order valence-corrected chi connectivity index (χ4v) is 4.54. The molecule has 3 N–H and O–H groups in total. The van der Waals surface area contributed by atoms with E-state index in [1.165, 1.54) is 33.7 Å². The zero-order valence-electron chi connectivity index (χ0n) is 14.3. The van der Waals surface area contributed by atoms with Gasteiger partial charge in [-0.05, 0) is 24.1 Å². The molecular formula is C17H15ClN6OS2. The van der Waals surface area contributed by atoms with Crippen molar-refractivity contribution in [2.45, 2.75) is 23.4 Å². The van der Waals surface area contributed by atoms with Crippen molar-refractivity contribution in [2.24, 2.45) is 0 Å². The first kappa shape index (κ1) is 18.0. The molecule has 138 valence electrons. The van der Waals surface area contributed by atoms with Gasteiger partial charge >= 0.3 is 0 Å². The van der Waals surface area contributed by atoms with Crippen LogP contribution in [0.15, 0.2) is 39.5 Å². The van der Waals surface area contributed by atoms with E-state index in [2.05, 4.69) is 15.3 Å². The number of aromatic amines is 1. The number of anilines is 1. The van der Waals surface area contributed by atoms with Crippen molar-refractivity contribution in [1.29, 1.82) is 0 Å². The molecule has 4 rings (SSSR count). The lowest BCUT2D eigenvalue weighted by atomic mass is 10.0. The number of benzene rings is 1. The summed E-state index contributed by atoms with van der Waals surface area (Å²) in [5, 5.41) is 12.0.